The summed E-state index contributed by atoms with van der Waals surface area (Å²) >= 11 is 0. The van der Waals surface area contributed by atoms with Crippen molar-refractivity contribution in [2.75, 3.05) is 12.5 Å². The maximum atomic E-state index is 13.0. The number of hydrogen-bond acceptors (Lipinski definition) is 12. The summed E-state index contributed by atoms with van der Waals surface area (Å²) in [6, 6.07) is 15.8. The molecule has 2 aromatic carbocycles. The fourth-order valence-electron chi connectivity index (χ4n) is 4.92. The van der Waals surface area contributed by atoms with Gasteiger partial charge in [-0.2, -0.15) is 10.2 Å². The van der Waals surface area contributed by atoms with Crippen molar-refractivity contribution in [3.63, 3.8) is 0 Å². The van der Waals surface area contributed by atoms with E-state index in [1.54, 1.807) is 61.2 Å². The van der Waals surface area contributed by atoms with Gasteiger partial charge >= 0.3 is 11.9 Å². The predicted octanol–water partition coefficient (Wildman–Crippen LogP) is 3.05. The molecule has 0 saturated carbocycles. The smallest absolute Gasteiger partial charge is 0.313 e. The normalized spacial score (nSPS) is 11.8. The minimum Gasteiger partial charge on any atom is -0.405 e. The van der Waals surface area contributed by atoms with Crippen LogP contribution in [0.4, 0.5) is 0 Å². The van der Waals surface area contributed by atoms with Crippen molar-refractivity contribution in [1.29, 1.82) is 0 Å². The van der Waals surface area contributed by atoms with E-state index in [-0.39, 0.29) is 47.5 Å². The third-order valence-electron chi connectivity index (χ3n) is 7.34. The molecule has 50 heavy (non-hydrogen) atoms. The molecule has 4 heterocycles. The van der Waals surface area contributed by atoms with Gasteiger partial charge in [0.15, 0.2) is 19.7 Å². The molecule has 0 unspecified atom stereocenters. The maximum absolute atomic E-state index is 13.0. The van der Waals surface area contributed by atoms with Crippen LogP contribution in [0.5, 0.6) is 11.8 Å². The summed E-state index contributed by atoms with van der Waals surface area (Å²) < 4.78 is 63.0. The fraction of sp³-hybridized carbons (Fsp3) is 0.188. The Morgan fingerprint density at radius 2 is 1.08 bits per heavy atom. The molecule has 0 spiro atoms. The summed E-state index contributed by atoms with van der Waals surface area (Å²) in [6.45, 7) is 0.510. The highest BCUT2D eigenvalue weighted by molar-refractivity contribution is 7.91. The molecule has 0 amide bonds. The molecule has 18 heteroatoms. The number of ether oxygens (including phenoxy) is 2. The summed E-state index contributed by atoms with van der Waals surface area (Å²) in [7, 11) is -7.05. The Bertz CT molecular complexity index is 2210. The SMILES string of the molecule is CS(=O)(=O)c1cccc(-c2cn(Cc3ccn[nH]3)nc2OC(=O)CCC(=O)Oc2nn(Cc3ccn[nH]3)cc2-c2cccc(S(C)(=O)=O)c2)c1. The minimum atomic E-state index is -3.53. The number of nitrogens with zero attached hydrogens (tertiary/aromatic N) is 6. The number of hydrogen-bond donors (Lipinski definition) is 2. The molecular formula is C32H30N8O8S2. The lowest BCUT2D eigenvalue weighted by atomic mass is 10.1. The lowest BCUT2D eigenvalue weighted by Crippen LogP contribution is -2.15. The molecule has 0 fully saturated rings. The molecule has 6 rings (SSSR count). The molecule has 0 bridgehead atoms. The van der Waals surface area contributed by atoms with Gasteiger partial charge in [-0.15, -0.1) is 10.2 Å². The second-order valence-corrected chi connectivity index (χ2v) is 15.3. The average Bonchev–Trinajstić information content (AvgIpc) is 3.89. The number of esters is 2. The number of rotatable bonds is 13. The first kappa shape index (κ1) is 34.0. The van der Waals surface area contributed by atoms with Crippen molar-refractivity contribution in [1.82, 2.24) is 40.0 Å². The third-order valence-corrected chi connectivity index (χ3v) is 9.56. The zero-order chi connectivity index (χ0) is 35.5. The quantitative estimate of drug-likeness (QED) is 0.165. The van der Waals surface area contributed by atoms with E-state index in [1.807, 2.05) is 0 Å². The molecule has 16 nitrogen and oxygen atoms in total. The van der Waals surface area contributed by atoms with E-state index in [4.69, 9.17) is 9.47 Å². The Balaban J connectivity index is 1.19. The number of aromatic nitrogens is 8. The number of aromatic amines is 2. The van der Waals surface area contributed by atoms with Crippen LogP contribution in [0.3, 0.4) is 0 Å². The van der Waals surface area contributed by atoms with E-state index in [2.05, 4.69) is 30.6 Å². The largest absolute Gasteiger partial charge is 0.405 e. The Labute approximate surface area is 285 Å². The minimum absolute atomic E-state index is 0.0748. The first-order chi connectivity index (χ1) is 23.8. The Hall–Kier alpha value is -5.88. The van der Waals surface area contributed by atoms with Crippen molar-refractivity contribution >= 4 is 31.6 Å². The molecule has 258 valence electrons. The number of sulfone groups is 2. The first-order valence-electron chi connectivity index (χ1n) is 15.0. The second-order valence-electron chi connectivity index (χ2n) is 11.3. The molecular weight excluding hydrogens is 689 g/mol. The van der Waals surface area contributed by atoms with E-state index in [0.29, 0.717) is 22.3 Å². The van der Waals surface area contributed by atoms with Gasteiger partial charge in [-0.3, -0.25) is 29.2 Å². The van der Waals surface area contributed by atoms with Crippen LogP contribution in [-0.4, -0.2) is 81.2 Å². The van der Waals surface area contributed by atoms with Crippen LogP contribution in [0.2, 0.25) is 0 Å². The molecule has 0 radical (unpaired) electrons. The van der Waals surface area contributed by atoms with E-state index in [1.165, 1.54) is 33.6 Å². The standard InChI is InChI=1S/C32H30N8O8S2/c1-49(43,44)25-7-3-5-21(15-25)27-19-39(17-23-11-13-33-35-23)37-31(27)47-29(41)9-10-30(42)48-32-28(20-40(38-32)18-24-12-14-34-36-24)22-6-4-8-26(16-22)50(2,45)46/h3-8,11-16,19-20H,9-10,17-18H2,1-2H3,(H,33,35)(H,34,36). The highest BCUT2D eigenvalue weighted by atomic mass is 32.2. The second kappa shape index (κ2) is 13.9. The van der Waals surface area contributed by atoms with Gasteiger partial charge in [0.2, 0.25) is 11.8 Å². The first-order valence-corrected chi connectivity index (χ1v) is 18.7. The van der Waals surface area contributed by atoms with Crippen molar-refractivity contribution in [3.8, 4) is 34.0 Å². The van der Waals surface area contributed by atoms with Crippen molar-refractivity contribution in [3.05, 3.63) is 96.8 Å². The van der Waals surface area contributed by atoms with E-state index < -0.39 is 31.6 Å². The molecule has 0 saturated heterocycles. The monoisotopic (exact) mass is 718 g/mol. The molecule has 6 aromatic rings. The van der Waals surface area contributed by atoms with Crippen LogP contribution in [0, 0.1) is 0 Å². The van der Waals surface area contributed by atoms with Gasteiger partial charge in [0.05, 0.1) is 58.2 Å². The Morgan fingerprint density at radius 1 is 0.660 bits per heavy atom. The van der Waals surface area contributed by atoms with Crippen LogP contribution in [0.1, 0.15) is 24.2 Å². The predicted molar refractivity (Wildman–Crippen MR) is 177 cm³/mol. The highest BCUT2D eigenvalue weighted by Crippen LogP contribution is 2.33. The van der Waals surface area contributed by atoms with Gasteiger partial charge in [-0.1, -0.05) is 24.3 Å². The van der Waals surface area contributed by atoms with Gasteiger partial charge in [0, 0.05) is 37.3 Å². The Morgan fingerprint density at radius 3 is 1.44 bits per heavy atom. The fourth-order valence-corrected chi connectivity index (χ4v) is 6.25. The van der Waals surface area contributed by atoms with Crippen LogP contribution in [-0.2, 0) is 42.4 Å². The van der Waals surface area contributed by atoms with Gasteiger partial charge in [-0.05, 0) is 47.5 Å². The summed E-state index contributed by atoms with van der Waals surface area (Å²) in [5.74, 6) is -1.75. The topological polar surface area (TPSA) is 214 Å². The highest BCUT2D eigenvalue weighted by Gasteiger charge is 2.22. The number of nitrogens with one attached hydrogen (secondary N) is 2. The van der Waals surface area contributed by atoms with Gasteiger partial charge in [0.1, 0.15) is 0 Å². The van der Waals surface area contributed by atoms with Gasteiger partial charge < -0.3 is 9.47 Å². The number of benzene rings is 2. The van der Waals surface area contributed by atoms with E-state index in [0.717, 1.165) is 23.9 Å². The van der Waals surface area contributed by atoms with Crippen molar-refractivity contribution in [2.24, 2.45) is 0 Å². The van der Waals surface area contributed by atoms with E-state index >= 15 is 0 Å². The molecule has 0 atom stereocenters. The van der Waals surface area contributed by atoms with Crippen LogP contribution in [0.15, 0.2) is 95.2 Å². The molecule has 0 aliphatic heterocycles. The lowest BCUT2D eigenvalue weighted by Gasteiger charge is -2.07. The van der Waals surface area contributed by atoms with Gasteiger partial charge in [0.25, 0.3) is 0 Å². The molecule has 0 aliphatic carbocycles. The molecule has 4 aromatic heterocycles. The van der Waals surface area contributed by atoms with Crippen molar-refractivity contribution < 1.29 is 35.9 Å². The number of carbonyl (C=O) groups is 2. The van der Waals surface area contributed by atoms with Crippen LogP contribution in [0.25, 0.3) is 22.3 Å². The molecule has 2 N–H and O–H groups in total. The van der Waals surface area contributed by atoms with Gasteiger partial charge in [-0.25, -0.2) is 16.8 Å². The third kappa shape index (κ3) is 8.21. The average molecular weight is 719 g/mol. The van der Waals surface area contributed by atoms with Crippen molar-refractivity contribution in [2.45, 2.75) is 35.7 Å². The lowest BCUT2D eigenvalue weighted by molar-refractivity contribution is -0.140. The zero-order valence-corrected chi connectivity index (χ0v) is 28.3. The number of carbonyl (C=O) groups excluding carboxylic acids is 2. The maximum Gasteiger partial charge on any atom is 0.313 e. The summed E-state index contributed by atoms with van der Waals surface area (Å²) in [4.78, 5) is 26.2. The summed E-state index contributed by atoms with van der Waals surface area (Å²) in [5, 5.41) is 22.3. The van der Waals surface area contributed by atoms with Crippen LogP contribution >= 0.6 is 0 Å². The summed E-state index contributed by atoms with van der Waals surface area (Å²) in [6.07, 6.45) is 7.79. The molecule has 0 aliphatic rings. The Kier molecular flexibility index (Phi) is 9.47. The zero-order valence-electron chi connectivity index (χ0n) is 26.7. The number of H-pyrrole nitrogens is 2. The van der Waals surface area contributed by atoms with E-state index in [9.17, 15) is 26.4 Å². The summed E-state index contributed by atoms with van der Waals surface area (Å²) in [5.41, 5.74) is 3.05. The van der Waals surface area contributed by atoms with Crippen LogP contribution < -0.4 is 9.47 Å².